The number of aliphatic hydroxyl groups excluding tert-OH is 1. The van der Waals surface area contributed by atoms with Crippen LogP contribution in [0.3, 0.4) is 0 Å². The number of Topliss-reactive ketones (excluding diaryl/α,β-unsaturated/α-hetero) is 1. The van der Waals surface area contributed by atoms with E-state index in [4.69, 9.17) is 0 Å². The first kappa shape index (κ1) is 24.8. The Hall–Kier alpha value is -3.33. The number of hydrogen-bond donors (Lipinski definition) is 1. The molecule has 3 nitrogen and oxygen atoms in total. The minimum absolute atomic E-state index is 0.0615. The molecule has 1 heterocycles. The third kappa shape index (κ3) is 4.07. The van der Waals surface area contributed by atoms with Crippen molar-refractivity contribution in [1.82, 2.24) is 0 Å². The van der Waals surface area contributed by atoms with Crippen LogP contribution in [0.25, 0.3) is 0 Å². The van der Waals surface area contributed by atoms with Crippen LogP contribution in [0, 0.1) is 6.92 Å². The molecule has 0 aromatic heterocycles. The molecule has 0 spiro atoms. The number of ketones is 1. The van der Waals surface area contributed by atoms with E-state index in [0.717, 1.165) is 36.2 Å². The molecular weight excluding hydrogens is 430 g/mol. The van der Waals surface area contributed by atoms with E-state index in [1.165, 1.54) is 16.8 Å². The summed E-state index contributed by atoms with van der Waals surface area (Å²) in [4.78, 5) is 15.6. The Balaban J connectivity index is 1.70. The Morgan fingerprint density at radius 2 is 1.77 bits per heavy atom. The maximum absolute atomic E-state index is 13.2. The van der Waals surface area contributed by atoms with Gasteiger partial charge in [-0.25, -0.2) is 0 Å². The summed E-state index contributed by atoms with van der Waals surface area (Å²) in [6.07, 6.45) is 5.81. The molecule has 0 atom stereocenters. The molecule has 1 aliphatic heterocycles. The highest BCUT2D eigenvalue weighted by molar-refractivity contribution is 6.21. The van der Waals surface area contributed by atoms with Gasteiger partial charge in [0.2, 0.25) is 5.78 Å². The largest absolute Gasteiger partial charge is 0.506 e. The molecule has 0 fully saturated rings. The number of rotatable bonds is 7. The summed E-state index contributed by atoms with van der Waals surface area (Å²) in [5.41, 5.74) is 6.74. The van der Waals surface area contributed by atoms with Crippen molar-refractivity contribution in [3.63, 3.8) is 0 Å². The van der Waals surface area contributed by atoms with E-state index in [0.29, 0.717) is 11.1 Å². The summed E-state index contributed by atoms with van der Waals surface area (Å²) in [6.45, 7) is 18.0. The fraction of sp³-hybridized carbons (Fsp3) is 0.344. The first-order valence-electron chi connectivity index (χ1n) is 12.6. The minimum atomic E-state index is -0.362. The number of aryl methyl sites for hydroxylation is 1. The predicted molar refractivity (Wildman–Crippen MR) is 146 cm³/mol. The maximum Gasteiger partial charge on any atom is 0.200 e. The molecule has 3 heteroatoms. The van der Waals surface area contributed by atoms with Gasteiger partial charge in [0.05, 0.1) is 11.1 Å². The molecule has 2 aromatic carbocycles. The quantitative estimate of drug-likeness (QED) is 0.426. The van der Waals surface area contributed by atoms with E-state index in [9.17, 15) is 9.90 Å². The molecule has 1 aliphatic carbocycles. The highest BCUT2D eigenvalue weighted by atomic mass is 16.3. The number of allylic oxidation sites excluding steroid dienone is 6. The Labute approximate surface area is 210 Å². The Morgan fingerprint density at radius 1 is 1.11 bits per heavy atom. The molecule has 0 amide bonds. The average molecular weight is 468 g/mol. The number of anilines is 1. The molecule has 2 aliphatic rings. The van der Waals surface area contributed by atoms with Gasteiger partial charge in [-0.05, 0) is 53.8 Å². The molecule has 1 N–H and O–H groups in total. The van der Waals surface area contributed by atoms with Gasteiger partial charge in [-0.3, -0.25) is 4.79 Å². The lowest BCUT2D eigenvalue weighted by Gasteiger charge is -2.31. The van der Waals surface area contributed by atoms with E-state index in [1.54, 1.807) is 6.08 Å². The van der Waals surface area contributed by atoms with Crippen LogP contribution in [0.1, 0.15) is 64.2 Å². The van der Waals surface area contributed by atoms with E-state index < -0.39 is 0 Å². The third-order valence-electron chi connectivity index (χ3n) is 7.75. The Bertz CT molecular complexity index is 1290. The van der Waals surface area contributed by atoms with Gasteiger partial charge >= 0.3 is 0 Å². The Morgan fingerprint density at radius 3 is 2.43 bits per heavy atom. The van der Waals surface area contributed by atoms with Crippen molar-refractivity contribution in [2.24, 2.45) is 0 Å². The summed E-state index contributed by atoms with van der Waals surface area (Å²) in [5.74, 6) is -0.0645. The van der Waals surface area contributed by atoms with Gasteiger partial charge in [-0.2, -0.15) is 0 Å². The zero-order valence-electron chi connectivity index (χ0n) is 21.9. The second-order valence-electron chi connectivity index (χ2n) is 10.8. The predicted octanol–water partition coefficient (Wildman–Crippen LogP) is 7.63. The van der Waals surface area contributed by atoms with Gasteiger partial charge < -0.3 is 10.0 Å². The van der Waals surface area contributed by atoms with E-state index in [1.807, 2.05) is 18.2 Å². The zero-order chi connectivity index (χ0) is 25.5. The van der Waals surface area contributed by atoms with Crippen LogP contribution in [0.5, 0.6) is 0 Å². The molecule has 0 radical (unpaired) electrons. The monoisotopic (exact) mass is 467 g/mol. The lowest BCUT2D eigenvalue weighted by atomic mass is 9.74. The number of carbonyl (C=O) groups is 1. The normalized spacial score (nSPS) is 19.4. The summed E-state index contributed by atoms with van der Waals surface area (Å²) in [5, 5.41) is 11.0. The van der Waals surface area contributed by atoms with Crippen LogP contribution in [0.4, 0.5) is 5.69 Å². The lowest BCUT2D eigenvalue weighted by Crippen LogP contribution is -2.30. The van der Waals surface area contributed by atoms with Crippen LogP contribution in [0.15, 0.2) is 95.4 Å². The number of para-hydroxylation sites is 1. The molecule has 2 aromatic rings. The van der Waals surface area contributed by atoms with Crippen molar-refractivity contribution in [2.45, 2.75) is 65.2 Å². The van der Waals surface area contributed by atoms with Crippen molar-refractivity contribution in [2.75, 3.05) is 11.4 Å². The first-order chi connectivity index (χ1) is 16.5. The average Bonchev–Trinajstić information content (AvgIpc) is 3.05. The van der Waals surface area contributed by atoms with E-state index in [2.05, 4.69) is 89.4 Å². The molecular formula is C32H37NO2. The highest BCUT2D eigenvalue weighted by Gasteiger charge is 2.42. The van der Waals surface area contributed by atoms with Crippen molar-refractivity contribution in [3.8, 4) is 0 Å². The summed E-state index contributed by atoms with van der Waals surface area (Å²) in [7, 11) is 0. The standard InChI is InChI=1S/C32H37NO2/c1-8-9-18-33-27-17-13-12-16-26(27)32(6,7)28(33)20-24-29(34)23(30(24)35)19-22(3)31(4,5)25-15-11-10-14-21(25)2/h10-17,19-20,34H,3,8-9,18H2,1-2,4-7H3/b23-19+,28-20-. The van der Waals surface area contributed by atoms with Crippen LogP contribution >= 0.6 is 0 Å². The molecule has 0 saturated carbocycles. The summed E-state index contributed by atoms with van der Waals surface area (Å²) >= 11 is 0. The molecule has 0 bridgehead atoms. The summed E-state index contributed by atoms with van der Waals surface area (Å²) < 4.78 is 0. The molecule has 35 heavy (non-hydrogen) atoms. The van der Waals surface area contributed by atoms with Crippen molar-refractivity contribution < 1.29 is 9.90 Å². The number of benzene rings is 2. The zero-order valence-corrected chi connectivity index (χ0v) is 21.9. The smallest absolute Gasteiger partial charge is 0.200 e. The minimum Gasteiger partial charge on any atom is -0.506 e. The van der Waals surface area contributed by atoms with Gasteiger partial charge in [-0.1, -0.05) is 90.1 Å². The number of aliphatic hydroxyl groups is 1. The van der Waals surface area contributed by atoms with Gasteiger partial charge in [0.15, 0.2) is 0 Å². The fourth-order valence-electron chi connectivity index (χ4n) is 5.31. The summed E-state index contributed by atoms with van der Waals surface area (Å²) in [6, 6.07) is 16.7. The van der Waals surface area contributed by atoms with Crippen molar-refractivity contribution >= 4 is 11.5 Å². The topological polar surface area (TPSA) is 40.5 Å². The van der Waals surface area contributed by atoms with Crippen LogP contribution in [-0.2, 0) is 15.6 Å². The van der Waals surface area contributed by atoms with Crippen molar-refractivity contribution in [3.05, 3.63) is 112 Å². The van der Waals surface area contributed by atoms with Gasteiger partial charge in [0, 0.05) is 28.8 Å². The van der Waals surface area contributed by atoms with Crippen LogP contribution in [-0.4, -0.2) is 17.4 Å². The molecule has 182 valence electrons. The second kappa shape index (κ2) is 9.03. The maximum atomic E-state index is 13.2. The van der Waals surface area contributed by atoms with Gasteiger partial charge in [-0.15, -0.1) is 0 Å². The number of unbranched alkanes of at least 4 members (excludes halogenated alkanes) is 1. The molecule has 0 unspecified atom stereocenters. The first-order valence-corrected chi connectivity index (χ1v) is 12.6. The van der Waals surface area contributed by atoms with Crippen LogP contribution in [0.2, 0.25) is 0 Å². The number of carbonyl (C=O) groups excluding carboxylic acids is 1. The van der Waals surface area contributed by atoms with Crippen molar-refractivity contribution in [1.29, 1.82) is 0 Å². The second-order valence-corrected chi connectivity index (χ2v) is 10.8. The lowest BCUT2D eigenvalue weighted by molar-refractivity contribution is -0.113. The number of fused-ring (bicyclic) bond motifs is 1. The fourth-order valence-corrected chi connectivity index (χ4v) is 5.31. The van der Waals surface area contributed by atoms with Crippen LogP contribution < -0.4 is 4.90 Å². The third-order valence-corrected chi connectivity index (χ3v) is 7.75. The van der Waals surface area contributed by atoms with Gasteiger partial charge in [0.1, 0.15) is 5.76 Å². The van der Waals surface area contributed by atoms with Gasteiger partial charge in [0.25, 0.3) is 0 Å². The molecule has 0 saturated heterocycles. The molecule has 4 rings (SSSR count). The SMILES string of the molecule is C=C(/C=C1/C(=O)C(/C=C2\N(CCCC)c3ccccc3C2(C)C)=C1O)C(C)(C)c1ccccc1C. The Kier molecular flexibility index (Phi) is 6.40. The number of nitrogens with zero attached hydrogens (tertiary/aromatic N) is 1. The highest BCUT2D eigenvalue weighted by Crippen LogP contribution is 2.49. The van der Waals surface area contributed by atoms with E-state index >= 15 is 0 Å². The van der Waals surface area contributed by atoms with E-state index in [-0.39, 0.29) is 22.4 Å². The number of hydrogen-bond acceptors (Lipinski definition) is 3.